The maximum absolute atomic E-state index is 14.8. The number of fused-ring (bicyclic) bond motifs is 1. The van der Waals surface area contributed by atoms with E-state index in [0.29, 0.717) is 53.4 Å². The molecule has 14 nitrogen and oxygen atoms in total. The maximum atomic E-state index is 14.8. The number of halogens is 3. The SMILES string of the molecule is CCS(=O)(=O)c1ccc(NC(=O)OC)cc1[C@H]1CCCN1C(=O)[C@@H](c1ccc(OC)c(OC)c1)N(N)c1ccc2cnccc2c1.O=C(O)C(F)(F)F. The number of amides is 2. The summed E-state index contributed by atoms with van der Waals surface area (Å²) in [6, 6.07) is 15.6. The number of benzene rings is 3. The molecule has 3 aromatic carbocycles. The molecule has 4 aromatic rings. The van der Waals surface area contributed by atoms with Gasteiger partial charge >= 0.3 is 18.2 Å². The molecule has 53 heavy (non-hydrogen) atoms. The second-order valence-corrected chi connectivity index (χ2v) is 13.8. The summed E-state index contributed by atoms with van der Waals surface area (Å²) in [5.74, 6) is 4.52. The molecular weight excluding hydrogens is 723 g/mol. The van der Waals surface area contributed by atoms with Crippen molar-refractivity contribution in [1.82, 2.24) is 9.88 Å². The fourth-order valence-electron chi connectivity index (χ4n) is 5.83. The number of carboxylic acids is 1. The molecule has 18 heteroatoms. The Hall–Kier alpha value is -5.62. The van der Waals surface area contributed by atoms with E-state index in [1.165, 1.54) is 38.5 Å². The Balaban J connectivity index is 0.000000815. The van der Waals surface area contributed by atoms with Gasteiger partial charge in [0.1, 0.15) is 6.04 Å². The van der Waals surface area contributed by atoms with Crippen LogP contribution in [-0.4, -0.2) is 81.2 Å². The number of nitrogens with one attached hydrogen (secondary N) is 1. The third-order valence-electron chi connectivity index (χ3n) is 8.45. The molecule has 2 heterocycles. The molecular formula is C35H38F3N5O9S. The molecule has 0 spiro atoms. The van der Waals surface area contributed by atoms with E-state index in [0.717, 1.165) is 10.8 Å². The summed E-state index contributed by atoms with van der Waals surface area (Å²) in [6.07, 6.45) is -1.22. The monoisotopic (exact) mass is 761 g/mol. The van der Waals surface area contributed by atoms with Crippen molar-refractivity contribution in [2.75, 3.05) is 44.0 Å². The number of anilines is 2. The number of hydrazine groups is 1. The first kappa shape index (κ1) is 40.2. The van der Waals surface area contributed by atoms with Crippen molar-refractivity contribution < 1.29 is 55.3 Å². The van der Waals surface area contributed by atoms with Gasteiger partial charge in [-0.15, -0.1) is 0 Å². The Morgan fingerprint density at radius 3 is 2.34 bits per heavy atom. The summed E-state index contributed by atoms with van der Waals surface area (Å²) >= 11 is 0. The number of carbonyl (C=O) groups excluding carboxylic acids is 2. The number of ether oxygens (including phenoxy) is 3. The van der Waals surface area contributed by atoms with Crippen LogP contribution in [0.1, 0.15) is 43.0 Å². The second kappa shape index (κ2) is 16.8. The molecule has 5 rings (SSSR count). The zero-order chi connectivity index (χ0) is 39.1. The number of hydrogen-bond donors (Lipinski definition) is 3. The highest BCUT2D eigenvalue weighted by Crippen LogP contribution is 2.41. The summed E-state index contributed by atoms with van der Waals surface area (Å²) in [5, 5.41) is 13.0. The Kier molecular flexibility index (Phi) is 12.7. The summed E-state index contributed by atoms with van der Waals surface area (Å²) in [7, 11) is 0.590. The van der Waals surface area contributed by atoms with Gasteiger partial charge in [-0.2, -0.15) is 13.2 Å². The highest BCUT2D eigenvalue weighted by molar-refractivity contribution is 7.91. The van der Waals surface area contributed by atoms with Crippen molar-refractivity contribution in [1.29, 1.82) is 0 Å². The van der Waals surface area contributed by atoms with Gasteiger partial charge in [-0.3, -0.25) is 20.1 Å². The van der Waals surface area contributed by atoms with E-state index in [1.807, 2.05) is 24.3 Å². The van der Waals surface area contributed by atoms with Crippen molar-refractivity contribution >= 4 is 50.0 Å². The Bertz CT molecular complexity index is 2080. The first-order chi connectivity index (χ1) is 25.1. The number of pyridine rings is 1. The van der Waals surface area contributed by atoms with Crippen LogP contribution >= 0.6 is 0 Å². The fourth-order valence-corrected chi connectivity index (χ4v) is 6.97. The number of nitrogens with zero attached hydrogens (tertiary/aromatic N) is 3. The smallest absolute Gasteiger partial charge is 0.490 e. The molecule has 2 atom stereocenters. The van der Waals surface area contributed by atoms with Crippen LogP contribution in [0.3, 0.4) is 0 Å². The molecule has 1 saturated heterocycles. The van der Waals surface area contributed by atoms with Gasteiger partial charge in [0.25, 0.3) is 5.91 Å². The van der Waals surface area contributed by atoms with Crippen LogP contribution in [0.15, 0.2) is 78.0 Å². The lowest BCUT2D eigenvalue weighted by Gasteiger charge is -2.35. The third kappa shape index (κ3) is 9.25. The summed E-state index contributed by atoms with van der Waals surface area (Å²) in [5.41, 5.74) is 1.89. The molecule has 1 aliphatic heterocycles. The molecule has 0 radical (unpaired) electrons. The lowest BCUT2D eigenvalue weighted by molar-refractivity contribution is -0.192. The van der Waals surface area contributed by atoms with E-state index in [9.17, 15) is 31.2 Å². The predicted octanol–water partition coefficient (Wildman–Crippen LogP) is 5.64. The second-order valence-electron chi connectivity index (χ2n) is 11.6. The Morgan fingerprint density at radius 2 is 1.72 bits per heavy atom. The van der Waals surface area contributed by atoms with Crippen molar-refractivity contribution in [2.45, 2.75) is 42.9 Å². The first-order valence-electron chi connectivity index (χ1n) is 16.0. The van der Waals surface area contributed by atoms with Crippen LogP contribution in [-0.2, 0) is 24.2 Å². The van der Waals surface area contributed by atoms with Crippen LogP contribution in [0, 0.1) is 0 Å². The van der Waals surface area contributed by atoms with Crippen molar-refractivity contribution in [2.24, 2.45) is 5.84 Å². The van der Waals surface area contributed by atoms with Gasteiger partial charge in [0.2, 0.25) is 0 Å². The number of rotatable bonds is 10. The predicted molar refractivity (Wildman–Crippen MR) is 188 cm³/mol. The quantitative estimate of drug-likeness (QED) is 0.133. The zero-order valence-corrected chi connectivity index (χ0v) is 29.9. The molecule has 0 saturated carbocycles. The van der Waals surface area contributed by atoms with E-state index in [1.54, 1.807) is 48.5 Å². The van der Waals surface area contributed by atoms with E-state index >= 15 is 0 Å². The van der Waals surface area contributed by atoms with Crippen molar-refractivity contribution in [3.63, 3.8) is 0 Å². The van der Waals surface area contributed by atoms with Gasteiger partial charge in [-0.1, -0.05) is 19.1 Å². The highest BCUT2D eigenvalue weighted by atomic mass is 32.2. The fraction of sp³-hybridized carbons (Fsp3) is 0.314. The third-order valence-corrected chi connectivity index (χ3v) is 10.3. The largest absolute Gasteiger partial charge is 0.493 e. The Labute approximate surface area is 303 Å². The van der Waals surface area contributed by atoms with E-state index in [2.05, 4.69) is 10.3 Å². The Morgan fingerprint density at radius 1 is 1.02 bits per heavy atom. The number of alkyl halides is 3. The van der Waals surface area contributed by atoms with E-state index in [-0.39, 0.29) is 16.6 Å². The van der Waals surface area contributed by atoms with Gasteiger partial charge in [-0.05, 0) is 77.9 Å². The normalized spacial score (nSPS) is 14.8. The molecule has 284 valence electrons. The molecule has 0 bridgehead atoms. The summed E-state index contributed by atoms with van der Waals surface area (Å²) < 4.78 is 74.0. The number of hydrogen-bond acceptors (Lipinski definition) is 11. The zero-order valence-electron chi connectivity index (χ0n) is 29.1. The van der Waals surface area contributed by atoms with Crippen molar-refractivity contribution in [3.05, 3.63) is 84.2 Å². The maximum Gasteiger partial charge on any atom is 0.490 e. The van der Waals surface area contributed by atoms with E-state index in [4.69, 9.17) is 30.0 Å². The van der Waals surface area contributed by atoms with Crippen LogP contribution in [0.25, 0.3) is 10.8 Å². The topological polar surface area (TPSA) is 191 Å². The minimum atomic E-state index is -5.08. The number of likely N-dealkylation sites (tertiary alicyclic amines) is 1. The molecule has 1 fully saturated rings. The molecule has 2 amide bonds. The average molecular weight is 762 g/mol. The summed E-state index contributed by atoms with van der Waals surface area (Å²) in [6.45, 7) is 1.93. The first-order valence-corrected chi connectivity index (χ1v) is 17.6. The number of nitrogens with two attached hydrogens (primary N) is 1. The average Bonchev–Trinajstić information content (AvgIpc) is 3.64. The standard InChI is InChI=1S/C33H37N5O7S.C2HF3O2/c1-5-46(41,42)30-13-10-24(36-33(40)45-4)19-26(30)27-7-6-16-37(27)32(39)31(22-9-12-28(43-2)29(18-22)44-3)38(34)25-11-8-23-20-35-15-14-21(23)17-25;3-2(4,5)1(6)7/h8-15,17-20,27,31H,5-7,16,34H2,1-4H3,(H,36,40);(H,6,7)/t27-,31-;/m1./s1. The number of methoxy groups -OCH3 is 3. The van der Waals surface area contributed by atoms with Gasteiger partial charge in [-0.25, -0.2) is 23.8 Å². The number of aromatic nitrogens is 1. The van der Waals surface area contributed by atoms with Crippen LogP contribution in [0.5, 0.6) is 11.5 Å². The minimum Gasteiger partial charge on any atom is -0.493 e. The van der Waals surface area contributed by atoms with Gasteiger partial charge in [0.05, 0.1) is 43.7 Å². The number of carbonyl (C=O) groups is 3. The number of carboxylic acid groups (broad SMARTS) is 1. The minimum absolute atomic E-state index is 0.102. The molecule has 4 N–H and O–H groups in total. The van der Waals surface area contributed by atoms with Gasteiger partial charge < -0.3 is 24.2 Å². The van der Waals surface area contributed by atoms with Crippen LogP contribution in [0.2, 0.25) is 0 Å². The molecule has 0 unspecified atom stereocenters. The highest BCUT2D eigenvalue weighted by Gasteiger charge is 2.40. The van der Waals surface area contributed by atoms with Crippen LogP contribution in [0.4, 0.5) is 29.3 Å². The lowest BCUT2D eigenvalue weighted by atomic mass is 10.00. The molecule has 1 aromatic heterocycles. The lowest BCUT2D eigenvalue weighted by Crippen LogP contribution is -2.46. The number of aliphatic carboxylic acids is 1. The molecule has 1 aliphatic rings. The molecule has 0 aliphatic carbocycles. The van der Waals surface area contributed by atoms with Crippen molar-refractivity contribution in [3.8, 4) is 11.5 Å². The summed E-state index contributed by atoms with van der Waals surface area (Å²) in [4.78, 5) is 41.6. The van der Waals surface area contributed by atoms with Gasteiger partial charge in [0.15, 0.2) is 21.3 Å². The number of sulfone groups is 1. The van der Waals surface area contributed by atoms with Gasteiger partial charge in [0, 0.05) is 30.0 Å². The van der Waals surface area contributed by atoms with Crippen LogP contribution < -0.4 is 25.6 Å². The van der Waals surface area contributed by atoms with E-state index < -0.39 is 40.2 Å².